The fourth-order valence-corrected chi connectivity index (χ4v) is 2.01. The molecule has 3 nitrogen and oxygen atoms in total. The Morgan fingerprint density at radius 2 is 2.29 bits per heavy atom. The van der Waals surface area contributed by atoms with E-state index in [2.05, 4.69) is 10.2 Å². The lowest BCUT2D eigenvalue weighted by molar-refractivity contribution is 0.508. The Balaban J connectivity index is 2.39. The summed E-state index contributed by atoms with van der Waals surface area (Å²) in [4.78, 5) is 1.01. The minimum atomic E-state index is -0.239. The normalized spacial score (nSPS) is 13.1. The molecule has 0 bridgehead atoms. The summed E-state index contributed by atoms with van der Waals surface area (Å²) in [5.41, 5.74) is 1.15. The molecule has 14 heavy (non-hydrogen) atoms. The van der Waals surface area contributed by atoms with Crippen LogP contribution < -0.4 is 0 Å². The highest BCUT2D eigenvalue weighted by Gasteiger charge is 2.14. The zero-order chi connectivity index (χ0) is 10.1. The third-order valence-electron chi connectivity index (χ3n) is 1.84. The molecule has 2 aromatic rings. The van der Waals surface area contributed by atoms with Crippen molar-refractivity contribution in [3.8, 4) is 10.8 Å². The molecule has 2 heterocycles. The molecule has 74 valence electrons. The smallest absolute Gasteiger partial charge is 0.258 e. The topological polar surface area (TPSA) is 38.9 Å². The SMILES string of the molecule is Cc1ccsc1-c1nnc(C(C)Cl)o1. The number of alkyl halides is 1. The molecule has 0 fully saturated rings. The van der Waals surface area contributed by atoms with Crippen molar-refractivity contribution in [3.05, 3.63) is 22.9 Å². The molecular weight excluding hydrogens is 220 g/mol. The highest BCUT2D eigenvalue weighted by molar-refractivity contribution is 7.13. The van der Waals surface area contributed by atoms with Gasteiger partial charge in [0.15, 0.2) is 0 Å². The molecule has 1 unspecified atom stereocenters. The predicted octanol–water partition coefficient (Wildman–Crippen LogP) is 3.41. The first-order chi connectivity index (χ1) is 6.68. The van der Waals surface area contributed by atoms with Gasteiger partial charge in [-0.3, -0.25) is 0 Å². The molecule has 0 saturated heterocycles. The highest BCUT2D eigenvalue weighted by atomic mass is 35.5. The van der Waals surface area contributed by atoms with Crippen LogP contribution in [0.25, 0.3) is 10.8 Å². The van der Waals surface area contributed by atoms with Crippen LogP contribution in [0.15, 0.2) is 15.9 Å². The van der Waals surface area contributed by atoms with E-state index in [1.54, 1.807) is 18.3 Å². The molecule has 2 aromatic heterocycles. The van der Waals surface area contributed by atoms with Crippen LogP contribution in [0.2, 0.25) is 0 Å². The van der Waals surface area contributed by atoms with Gasteiger partial charge in [-0.05, 0) is 30.9 Å². The zero-order valence-electron chi connectivity index (χ0n) is 7.82. The summed E-state index contributed by atoms with van der Waals surface area (Å²) in [6, 6.07) is 2.02. The molecule has 0 aliphatic carbocycles. The molecule has 5 heteroatoms. The lowest BCUT2D eigenvalue weighted by atomic mass is 10.3. The van der Waals surface area contributed by atoms with E-state index in [0.717, 1.165) is 10.4 Å². The van der Waals surface area contributed by atoms with E-state index in [4.69, 9.17) is 16.0 Å². The summed E-state index contributed by atoms with van der Waals surface area (Å²) in [6.07, 6.45) is 0. The first-order valence-electron chi connectivity index (χ1n) is 4.20. The van der Waals surface area contributed by atoms with Crippen molar-refractivity contribution < 1.29 is 4.42 Å². The van der Waals surface area contributed by atoms with Gasteiger partial charge in [-0.1, -0.05) is 0 Å². The van der Waals surface area contributed by atoms with Crippen LogP contribution in [0.4, 0.5) is 0 Å². The van der Waals surface area contributed by atoms with Crippen molar-refractivity contribution in [1.82, 2.24) is 10.2 Å². The maximum atomic E-state index is 5.82. The average Bonchev–Trinajstić information content (AvgIpc) is 2.71. The second-order valence-corrected chi connectivity index (χ2v) is 4.56. The minimum absolute atomic E-state index is 0.239. The summed E-state index contributed by atoms with van der Waals surface area (Å²) in [7, 11) is 0. The third kappa shape index (κ3) is 1.67. The summed E-state index contributed by atoms with van der Waals surface area (Å²) in [6.45, 7) is 3.82. The zero-order valence-corrected chi connectivity index (χ0v) is 9.39. The van der Waals surface area contributed by atoms with Crippen molar-refractivity contribution in [2.45, 2.75) is 19.2 Å². The van der Waals surface area contributed by atoms with Gasteiger partial charge in [-0.15, -0.1) is 33.1 Å². The van der Waals surface area contributed by atoms with Gasteiger partial charge >= 0.3 is 0 Å². The van der Waals surface area contributed by atoms with Crippen molar-refractivity contribution in [1.29, 1.82) is 0 Å². The van der Waals surface area contributed by atoms with Crippen LogP contribution in [-0.4, -0.2) is 10.2 Å². The van der Waals surface area contributed by atoms with Gasteiger partial charge in [0.2, 0.25) is 5.89 Å². The maximum absolute atomic E-state index is 5.82. The predicted molar refractivity (Wildman–Crippen MR) is 56.6 cm³/mol. The largest absolute Gasteiger partial charge is 0.418 e. The lowest BCUT2D eigenvalue weighted by Gasteiger charge is -1.93. The van der Waals surface area contributed by atoms with Gasteiger partial charge in [-0.25, -0.2) is 0 Å². The number of aromatic nitrogens is 2. The Morgan fingerprint density at radius 3 is 2.79 bits per heavy atom. The van der Waals surface area contributed by atoms with Crippen molar-refractivity contribution >= 4 is 22.9 Å². The molecule has 0 aliphatic rings. The second kappa shape index (κ2) is 3.71. The van der Waals surface area contributed by atoms with Crippen molar-refractivity contribution in [2.24, 2.45) is 0 Å². The van der Waals surface area contributed by atoms with Crippen LogP contribution in [0.3, 0.4) is 0 Å². The molecule has 0 N–H and O–H groups in total. The Kier molecular flexibility index (Phi) is 2.56. The number of aryl methyl sites for hydroxylation is 1. The van der Waals surface area contributed by atoms with Crippen LogP contribution in [0.5, 0.6) is 0 Å². The standard InChI is InChI=1S/C9H9ClN2OS/c1-5-3-4-14-7(5)9-12-11-8(13-9)6(2)10/h3-4,6H,1-2H3. The van der Waals surface area contributed by atoms with E-state index in [1.807, 2.05) is 18.4 Å². The first kappa shape index (κ1) is 9.68. The summed E-state index contributed by atoms with van der Waals surface area (Å²) < 4.78 is 5.43. The fourth-order valence-electron chi connectivity index (χ4n) is 1.08. The van der Waals surface area contributed by atoms with E-state index in [-0.39, 0.29) is 5.38 Å². The molecule has 2 rings (SSSR count). The van der Waals surface area contributed by atoms with E-state index >= 15 is 0 Å². The Labute approximate surface area is 90.7 Å². The summed E-state index contributed by atoms with van der Waals surface area (Å²) >= 11 is 7.41. The van der Waals surface area contributed by atoms with Gasteiger partial charge in [0.25, 0.3) is 5.89 Å². The van der Waals surface area contributed by atoms with Gasteiger partial charge in [-0.2, -0.15) is 0 Å². The van der Waals surface area contributed by atoms with Crippen LogP contribution in [0, 0.1) is 6.92 Å². The van der Waals surface area contributed by atoms with Crippen LogP contribution in [0.1, 0.15) is 23.8 Å². The first-order valence-corrected chi connectivity index (χ1v) is 5.52. The minimum Gasteiger partial charge on any atom is -0.418 e. The number of rotatable bonds is 2. The molecule has 0 spiro atoms. The van der Waals surface area contributed by atoms with E-state index in [9.17, 15) is 0 Å². The Morgan fingerprint density at radius 1 is 1.50 bits per heavy atom. The quantitative estimate of drug-likeness (QED) is 0.740. The number of nitrogens with zero attached hydrogens (tertiary/aromatic N) is 2. The lowest BCUT2D eigenvalue weighted by Crippen LogP contribution is -1.81. The fraction of sp³-hybridized carbons (Fsp3) is 0.333. The molecule has 0 amide bonds. The average molecular weight is 229 g/mol. The van der Waals surface area contributed by atoms with Gasteiger partial charge < -0.3 is 4.42 Å². The summed E-state index contributed by atoms with van der Waals surface area (Å²) in [5.74, 6) is 1.02. The highest BCUT2D eigenvalue weighted by Crippen LogP contribution is 2.29. The van der Waals surface area contributed by atoms with Gasteiger partial charge in [0.05, 0.1) is 4.88 Å². The Hall–Kier alpha value is -0.870. The van der Waals surface area contributed by atoms with Crippen molar-refractivity contribution in [3.63, 3.8) is 0 Å². The number of hydrogen-bond donors (Lipinski definition) is 0. The molecule has 0 aliphatic heterocycles. The molecule has 1 atom stereocenters. The van der Waals surface area contributed by atoms with Gasteiger partial charge in [0, 0.05) is 0 Å². The molecule has 0 aromatic carbocycles. The monoisotopic (exact) mass is 228 g/mol. The molecular formula is C9H9ClN2OS. The van der Waals surface area contributed by atoms with E-state index in [1.165, 1.54) is 0 Å². The van der Waals surface area contributed by atoms with Gasteiger partial charge in [0.1, 0.15) is 5.38 Å². The van der Waals surface area contributed by atoms with E-state index in [0.29, 0.717) is 11.8 Å². The van der Waals surface area contributed by atoms with Crippen LogP contribution in [-0.2, 0) is 0 Å². The number of thiophene rings is 1. The molecule has 0 radical (unpaired) electrons. The number of halogens is 1. The molecule has 0 saturated carbocycles. The number of hydrogen-bond acceptors (Lipinski definition) is 4. The second-order valence-electron chi connectivity index (χ2n) is 2.99. The summed E-state index contributed by atoms with van der Waals surface area (Å²) in [5, 5.41) is 9.58. The third-order valence-corrected chi connectivity index (χ3v) is 3.03. The Bertz CT molecular complexity index is 435. The maximum Gasteiger partial charge on any atom is 0.258 e. The van der Waals surface area contributed by atoms with Crippen LogP contribution >= 0.6 is 22.9 Å². The van der Waals surface area contributed by atoms with E-state index < -0.39 is 0 Å². The van der Waals surface area contributed by atoms with Crippen molar-refractivity contribution in [2.75, 3.05) is 0 Å².